The molecule has 0 saturated heterocycles. The Morgan fingerprint density at radius 1 is 1.08 bits per heavy atom. The van der Waals surface area contributed by atoms with E-state index in [9.17, 15) is 13.2 Å². The second-order valence-corrected chi connectivity index (χ2v) is 11.0. The lowest BCUT2D eigenvalue weighted by Gasteiger charge is -2.12. The summed E-state index contributed by atoms with van der Waals surface area (Å²) in [6.07, 6.45) is 5.60. The third kappa shape index (κ3) is 5.68. The van der Waals surface area contributed by atoms with Crippen molar-refractivity contribution < 1.29 is 17.7 Å². The topological polar surface area (TPSA) is 153 Å². The maximum Gasteiger partial charge on any atom is 0.261 e. The van der Waals surface area contributed by atoms with E-state index in [1.807, 2.05) is 19.1 Å². The summed E-state index contributed by atoms with van der Waals surface area (Å²) < 4.78 is 33.8. The predicted octanol–water partition coefficient (Wildman–Crippen LogP) is 3.91. The summed E-state index contributed by atoms with van der Waals surface area (Å²) in [7, 11) is -3.87. The first kappa shape index (κ1) is 24.6. The van der Waals surface area contributed by atoms with Gasteiger partial charge in [0.05, 0.1) is 16.6 Å². The lowest BCUT2D eigenvalue weighted by molar-refractivity contribution is -0.120. The second kappa shape index (κ2) is 9.75. The van der Waals surface area contributed by atoms with E-state index in [2.05, 4.69) is 25.2 Å². The molecule has 10 nitrogen and oxygen atoms in total. The second-order valence-electron chi connectivity index (χ2n) is 9.35. The zero-order chi connectivity index (χ0) is 26.0. The van der Waals surface area contributed by atoms with Crippen LogP contribution < -0.4 is 15.8 Å². The van der Waals surface area contributed by atoms with Crippen LogP contribution in [0.4, 0.5) is 11.4 Å². The standard InChI is InChI=1S/C26H26N6O4S/c1-26(11-12-26)25(33)29-19-3-2-4-20(16-19)32-37(34,35)21-7-5-18(6-8-21)23-30-24(36-31-23)22(27)15-17-9-13-28-14-10-17/h2-10,13-14,16,22,32H,11-12,15,27H2,1H3,(H,29,33). The number of nitrogens with zero attached hydrogens (tertiary/aromatic N) is 3. The van der Waals surface area contributed by atoms with Crippen LogP contribution in [0.25, 0.3) is 11.4 Å². The molecule has 1 aliphatic carbocycles. The number of aromatic nitrogens is 3. The SMILES string of the molecule is CC1(C(=O)Nc2cccc(NS(=O)(=O)c3ccc(-c4noc(C(N)Cc5ccncc5)n4)cc3)c2)CC1. The lowest BCUT2D eigenvalue weighted by atomic mass is 10.1. The van der Waals surface area contributed by atoms with Crippen LogP contribution in [0.5, 0.6) is 0 Å². The van der Waals surface area contributed by atoms with Crippen LogP contribution in [0, 0.1) is 5.41 Å². The van der Waals surface area contributed by atoms with Gasteiger partial charge < -0.3 is 15.6 Å². The van der Waals surface area contributed by atoms with Crippen LogP contribution in [0.2, 0.25) is 0 Å². The van der Waals surface area contributed by atoms with Crippen molar-refractivity contribution in [3.05, 3.63) is 84.5 Å². The number of sulfonamides is 1. The molecule has 1 unspecified atom stereocenters. The highest BCUT2D eigenvalue weighted by molar-refractivity contribution is 7.92. The third-order valence-corrected chi connectivity index (χ3v) is 7.70. The minimum absolute atomic E-state index is 0.0639. The van der Waals surface area contributed by atoms with Crippen LogP contribution in [-0.2, 0) is 21.2 Å². The number of rotatable bonds is 9. The van der Waals surface area contributed by atoms with Crippen molar-refractivity contribution in [1.29, 1.82) is 0 Å². The van der Waals surface area contributed by atoms with Gasteiger partial charge in [0.25, 0.3) is 10.0 Å². The van der Waals surface area contributed by atoms with Crippen molar-refractivity contribution >= 4 is 27.3 Å². The molecule has 37 heavy (non-hydrogen) atoms. The Hall–Kier alpha value is -4.09. The maximum atomic E-state index is 12.9. The molecule has 2 heterocycles. The molecule has 190 valence electrons. The number of nitrogens with one attached hydrogen (secondary N) is 2. The smallest absolute Gasteiger partial charge is 0.261 e. The van der Waals surface area contributed by atoms with E-state index in [1.54, 1.807) is 48.8 Å². The molecule has 1 atom stereocenters. The fraction of sp³-hybridized carbons (Fsp3) is 0.231. The van der Waals surface area contributed by atoms with E-state index in [1.165, 1.54) is 12.1 Å². The summed E-state index contributed by atoms with van der Waals surface area (Å²) in [6, 6.07) is 16.0. The minimum Gasteiger partial charge on any atom is -0.337 e. The summed E-state index contributed by atoms with van der Waals surface area (Å²) in [4.78, 5) is 20.7. The van der Waals surface area contributed by atoms with Gasteiger partial charge in [-0.3, -0.25) is 14.5 Å². The number of nitrogens with two attached hydrogens (primary N) is 1. The number of carbonyl (C=O) groups excluding carboxylic acids is 1. The first-order valence-corrected chi connectivity index (χ1v) is 13.2. The van der Waals surface area contributed by atoms with E-state index < -0.39 is 16.1 Å². The molecule has 2 aromatic heterocycles. The normalized spacial score (nSPS) is 15.1. The molecule has 4 N–H and O–H groups in total. The number of carbonyl (C=O) groups is 1. The van der Waals surface area contributed by atoms with Crippen molar-refractivity contribution in [3.8, 4) is 11.4 Å². The molecule has 1 saturated carbocycles. The van der Waals surface area contributed by atoms with Gasteiger partial charge in [0.15, 0.2) is 0 Å². The molecule has 5 rings (SSSR count). The summed E-state index contributed by atoms with van der Waals surface area (Å²) in [5.74, 6) is 0.531. The van der Waals surface area contributed by atoms with Crippen LogP contribution in [0.15, 0.2) is 82.5 Å². The van der Waals surface area contributed by atoms with E-state index in [0.717, 1.165) is 18.4 Å². The minimum atomic E-state index is -3.87. The van der Waals surface area contributed by atoms with Crippen LogP contribution >= 0.6 is 0 Å². The number of benzene rings is 2. The Bertz CT molecular complexity index is 1520. The lowest BCUT2D eigenvalue weighted by Crippen LogP contribution is -2.21. The fourth-order valence-electron chi connectivity index (χ4n) is 3.72. The zero-order valence-electron chi connectivity index (χ0n) is 20.1. The van der Waals surface area contributed by atoms with E-state index in [-0.39, 0.29) is 22.1 Å². The number of hydrogen-bond acceptors (Lipinski definition) is 8. The van der Waals surface area contributed by atoms with Crippen LogP contribution in [0.1, 0.15) is 37.3 Å². The van der Waals surface area contributed by atoms with Crippen molar-refractivity contribution in [2.75, 3.05) is 10.0 Å². The van der Waals surface area contributed by atoms with E-state index >= 15 is 0 Å². The molecule has 1 amide bonds. The zero-order valence-corrected chi connectivity index (χ0v) is 20.9. The highest BCUT2D eigenvalue weighted by atomic mass is 32.2. The molecule has 2 aromatic carbocycles. The monoisotopic (exact) mass is 518 g/mol. The molecule has 0 aliphatic heterocycles. The van der Waals surface area contributed by atoms with Gasteiger partial charge in [0, 0.05) is 29.1 Å². The first-order chi connectivity index (χ1) is 17.7. The van der Waals surface area contributed by atoms with Gasteiger partial charge in [-0.05, 0) is 79.4 Å². The Labute approximate surface area is 214 Å². The maximum absolute atomic E-state index is 12.9. The van der Waals surface area contributed by atoms with Gasteiger partial charge in [-0.1, -0.05) is 18.1 Å². The van der Waals surface area contributed by atoms with Crippen LogP contribution in [0.3, 0.4) is 0 Å². The molecular formula is C26H26N6O4S. The Morgan fingerprint density at radius 2 is 1.78 bits per heavy atom. The number of pyridine rings is 1. The number of amides is 1. The van der Waals surface area contributed by atoms with Gasteiger partial charge >= 0.3 is 0 Å². The molecule has 0 radical (unpaired) electrons. The van der Waals surface area contributed by atoms with Gasteiger partial charge in [-0.25, -0.2) is 8.42 Å². The molecule has 1 aliphatic rings. The Morgan fingerprint density at radius 3 is 2.49 bits per heavy atom. The summed E-state index contributed by atoms with van der Waals surface area (Å²) in [5, 5.41) is 6.84. The summed E-state index contributed by atoms with van der Waals surface area (Å²) in [5.41, 5.74) is 8.33. The molecule has 0 spiro atoms. The molecule has 1 fully saturated rings. The van der Waals surface area contributed by atoms with Gasteiger partial charge in [0.2, 0.25) is 17.6 Å². The van der Waals surface area contributed by atoms with Gasteiger partial charge in [-0.15, -0.1) is 0 Å². The average Bonchev–Trinajstić information content (AvgIpc) is 3.45. The molecular weight excluding hydrogens is 492 g/mol. The van der Waals surface area contributed by atoms with Crippen molar-refractivity contribution in [3.63, 3.8) is 0 Å². The summed E-state index contributed by atoms with van der Waals surface area (Å²) >= 11 is 0. The van der Waals surface area contributed by atoms with E-state index in [0.29, 0.717) is 29.2 Å². The number of hydrogen-bond donors (Lipinski definition) is 3. The predicted molar refractivity (Wildman–Crippen MR) is 138 cm³/mol. The Kier molecular flexibility index (Phi) is 6.48. The highest BCUT2D eigenvalue weighted by Crippen LogP contribution is 2.45. The van der Waals surface area contributed by atoms with E-state index in [4.69, 9.17) is 10.3 Å². The molecule has 4 aromatic rings. The van der Waals surface area contributed by atoms with Crippen LogP contribution in [-0.4, -0.2) is 29.4 Å². The van der Waals surface area contributed by atoms with Crippen molar-refractivity contribution in [2.45, 2.75) is 37.1 Å². The van der Waals surface area contributed by atoms with Gasteiger partial charge in [-0.2, -0.15) is 4.98 Å². The van der Waals surface area contributed by atoms with Crippen molar-refractivity contribution in [1.82, 2.24) is 15.1 Å². The largest absolute Gasteiger partial charge is 0.337 e. The van der Waals surface area contributed by atoms with Crippen molar-refractivity contribution in [2.24, 2.45) is 11.1 Å². The molecule has 0 bridgehead atoms. The average molecular weight is 519 g/mol. The third-order valence-electron chi connectivity index (χ3n) is 6.31. The fourth-order valence-corrected chi connectivity index (χ4v) is 4.77. The Balaban J connectivity index is 1.25. The molecule has 11 heteroatoms. The summed E-state index contributed by atoms with van der Waals surface area (Å²) in [6.45, 7) is 1.91. The first-order valence-electron chi connectivity index (χ1n) is 11.7. The quantitative estimate of drug-likeness (QED) is 0.301. The number of anilines is 2. The van der Waals surface area contributed by atoms with Gasteiger partial charge in [0.1, 0.15) is 0 Å². The highest BCUT2D eigenvalue weighted by Gasteiger charge is 2.44.